The summed E-state index contributed by atoms with van der Waals surface area (Å²) >= 11 is 0. The Kier molecular flexibility index (Phi) is 7.60. The zero-order chi connectivity index (χ0) is 27.5. The second-order valence-corrected chi connectivity index (χ2v) is 10.1. The number of pyridine rings is 1. The summed E-state index contributed by atoms with van der Waals surface area (Å²) in [4.78, 5) is 51.1. The summed E-state index contributed by atoms with van der Waals surface area (Å²) in [6, 6.07) is 11.2. The van der Waals surface area contributed by atoms with Gasteiger partial charge < -0.3 is 25.1 Å². The van der Waals surface area contributed by atoms with Crippen molar-refractivity contribution in [1.29, 1.82) is 0 Å². The predicted molar refractivity (Wildman–Crippen MR) is 149 cm³/mol. The van der Waals surface area contributed by atoms with Crippen molar-refractivity contribution < 1.29 is 14.7 Å². The Morgan fingerprint density at radius 3 is 2.49 bits per heavy atom. The Bertz CT molecular complexity index is 1420. The molecule has 0 radical (unpaired) electrons. The lowest BCUT2D eigenvalue weighted by atomic mass is 9.96. The quantitative estimate of drug-likeness (QED) is 0.420. The maximum absolute atomic E-state index is 12.7. The highest BCUT2D eigenvalue weighted by Crippen LogP contribution is 2.23. The fraction of sp³-hybridized carbons (Fsp3) is 0.393. The van der Waals surface area contributed by atoms with Crippen LogP contribution in [0.3, 0.4) is 0 Å². The smallest absolute Gasteiger partial charge is 0.252 e. The van der Waals surface area contributed by atoms with Gasteiger partial charge in [-0.05, 0) is 55.7 Å². The number of hydrogen-bond donors (Lipinski definition) is 2. The first-order chi connectivity index (χ1) is 18.8. The molecular weight excluding hydrogens is 498 g/mol. The van der Waals surface area contributed by atoms with Crippen LogP contribution in [-0.2, 0) is 16.1 Å². The molecule has 2 aromatic heterocycles. The molecule has 1 atom stereocenters. The van der Waals surface area contributed by atoms with E-state index < -0.39 is 6.10 Å². The van der Waals surface area contributed by atoms with Crippen LogP contribution in [0.25, 0.3) is 11.0 Å². The standard InChI is InChI=1S/C28H33N7O4/c1-3-24(37)34-17-20(18-34)10-11-35-25(38)9-4-21-16-29-28(31-26(21)35)30-22-5-7-23(8-6-22)32-12-14-33(15-13-32)27(39)19(2)36/h3-9,16,19-20,36H,1,10-15,17-18H2,2H3,(H,29,30,31)/t19-/m0/s1. The van der Waals surface area contributed by atoms with Crippen LogP contribution in [0, 0.1) is 5.92 Å². The van der Waals surface area contributed by atoms with Gasteiger partial charge in [0.05, 0.1) is 0 Å². The second kappa shape index (κ2) is 11.2. The number of aromatic nitrogens is 3. The highest BCUT2D eigenvalue weighted by Gasteiger charge is 2.29. The molecular formula is C28H33N7O4. The summed E-state index contributed by atoms with van der Waals surface area (Å²) in [5.41, 5.74) is 2.30. The number of rotatable bonds is 8. The summed E-state index contributed by atoms with van der Waals surface area (Å²) in [7, 11) is 0. The number of piperazine rings is 1. The highest BCUT2D eigenvalue weighted by atomic mass is 16.3. The van der Waals surface area contributed by atoms with Crippen LogP contribution in [0.1, 0.15) is 13.3 Å². The minimum absolute atomic E-state index is 0.0585. The molecule has 5 rings (SSSR count). The van der Waals surface area contributed by atoms with Gasteiger partial charge in [-0.25, -0.2) is 4.98 Å². The lowest BCUT2D eigenvalue weighted by molar-refractivity contribution is -0.139. The SMILES string of the molecule is C=CC(=O)N1CC(CCn2c(=O)ccc3cnc(Nc4ccc(N5CCN(C(=O)[C@H](C)O)CC5)cc4)nc32)C1. The van der Waals surface area contributed by atoms with Gasteiger partial charge in [-0.2, -0.15) is 4.98 Å². The Morgan fingerprint density at radius 1 is 1.10 bits per heavy atom. The molecule has 11 nitrogen and oxygen atoms in total. The molecule has 2 aliphatic heterocycles. The van der Waals surface area contributed by atoms with E-state index in [2.05, 4.69) is 26.8 Å². The van der Waals surface area contributed by atoms with Crippen molar-refractivity contribution in [2.75, 3.05) is 49.5 Å². The Balaban J connectivity index is 1.23. The summed E-state index contributed by atoms with van der Waals surface area (Å²) in [5.74, 6) is 0.448. The number of aliphatic hydroxyl groups is 1. The van der Waals surface area contributed by atoms with Crippen LogP contribution in [0.4, 0.5) is 17.3 Å². The summed E-state index contributed by atoms with van der Waals surface area (Å²) in [5, 5.41) is 13.5. The topological polar surface area (TPSA) is 124 Å². The molecule has 11 heteroatoms. The molecule has 2 fully saturated rings. The number of fused-ring (bicyclic) bond motifs is 1. The molecule has 39 heavy (non-hydrogen) atoms. The van der Waals surface area contributed by atoms with Gasteiger partial charge in [-0.15, -0.1) is 0 Å². The van der Waals surface area contributed by atoms with E-state index in [1.807, 2.05) is 24.3 Å². The minimum Gasteiger partial charge on any atom is -0.384 e. The van der Waals surface area contributed by atoms with Gasteiger partial charge in [0, 0.05) is 74.8 Å². The van der Waals surface area contributed by atoms with Gasteiger partial charge in [0.15, 0.2) is 0 Å². The van der Waals surface area contributed by atoms with E-state index in [0.29, 0.717) is 63.3 Å². The predicted octanol–water partition coefficient (Wildman–Crippen LogP) is 1.60. The van der Waals surface area contributed by atoms with Gasteiger partial charge in [-0.3, -0.25) is 19.0 Å². The van der Waals surface area contributed by atoms with Crippen molar-refractivity contribution >= 4 is 40.2 Å². The molecule has 2 saturated heterocycles. The molecule has 0 spiro atoms. The monoisotopic (exact) mass is 531 g/mol. The second-order valence-electron chi connectivity index (χ2n) is 10.1. The van der Waals surface area contributed by atoms with Crippen molar-refractivity contribution in [2.24, 2.45) is 5.92 Å². The van der Waals surface area contributed by atoms with Gasteiger partial charge in [-0.1, -0.05) is 6.58 Å². The Labute approximate surface area is 226 Å². The highest BCUT2D eigenvalue weighted by molar-refractivity contribution is 5.87. The molecule has 0 bridgehead atoms. The number of carbonyl (C=O) groups excluding carboxylic acids is 2. The van der Waals surface area contributed by atoms with Crippen LogP contribution >= 0.6 is 0 Å². The average molecular weight is 532 g/mol. The fourth-order valence-electron chi connectivity index (χ4n) is 5.05. The number of nitrogens with zero attached hydrogens (tertiary/aromatic N) is 6. The first-order valence-corrected chi connectivity index (χ1v) is 13.2. The van der Waals surface area contributed by atoms with E-state index in [9.17, 15) is 19.5 Å². The summed E-state index contributed by atoms with van der Waals surface area (Å²) in [6.45, 7) is 9.42. The van der Waals surface area contributed by atoms with Gasteiger partial charge in [0.25, 0.3) is 11.5 Å². The number of nitrogens with one attached hydrogen (secondary N) is 1. The van der Waals surface area contributed by atoms with E-state index in [4.69, 9.17) is 0 Å². The normalized spacial score (nSPS) is 16.6. The Morgan fingerprint density at radius 2 is 1.82 bits per heavy atom. The molecule has 2 amide bonds. The minimum atomic E-state index is -0.975. The number of carbonyl (C=O) groups is 2. The third kappa shape index (κ3) is 5.78. The van der Waals surface area contributed by atoms with Crippen molar-refractivity contribution in [1.82, 2.24) is 24.3 Å². The summed E-state index contributed by atoms with van der Waals surface area (Å²) < 4.78 is 1.67. The third-order valence-electron chi connectivity index (χ3n) is 7.36. The van der Waals surface area contributed by atoms with Crippen LogP contribution in [0.5, 0.6) is 0 Å². The first-order valence-electron chi connectivity index (χ1n) is 13.2. The zero-order valence-corrected chi connectivity index (χ0v) is 22.0. The van der Waals surface area contributed by atoms with Crippen molar-refractivity contribution in [3.05, 3.63) is 65.6 Å². The van der Waals surface area contributed by atoms with E-state index in [0.717, 1.165) is 23.2 Å². The number of aliphatic hydroxyl groups excluding tert-OH is 1. The van der Waals surface area contributed by atoms with Gasteiger partial charge in [0.1, 0.15) is 11.8 Å². The average Bonchev–Trinajstić information content (AvgIpc) is 2.93. The molecule has 204 valence electrons. The number of amides is 2. The molecule has 2 aliphatic rings. The van der Waals surface area contributed by atoms with Crippen molar-refractivity contribution in [3.63, 3.8) is 0 Å². The first kappa shape index (κ1) is 26.4. The molecule has 4 heterocycles. The number of aryl methyl sites for hydroxylation is 1. The molecule has 1 aromatic carbocycles. The van der Waals surface area contributed by atoms with E-state index >= 15 is 0 Å². The Hall–Kier alpha value is -4.25. The number of hydrogen-bond acceptors (Lipinski definition) is 8. The van der Waals surface area contributed by atoms with Crippen LogP contribution < -0.4 is 15.8 Å². The van der Waals surface area contributed by atoms with Gasteiger partial charge >= 0.3 is 0 Å². The largest absolute Gasteiger partial charge is 0.384 e. The van der Waals surface area contributed by atoms with Crippen molar-refractivity contribution in [2.45, 2.75) is 26.0 Å². The van der Waals surface area contributed by atoms with Crippen LogP contribution in [-0.4, -0.2) is 86.6 Å². The summed E-state index contributed by atoms with van der Waals surface area (Å²) in [6.07, 6.45) is 2.83. The maximum atomic E-state index is 12.7. The number of likely N-dealkylation sites (tertiary alicyclic amines) is 1. The van der Waals surface area contributed by atoms with E-state index in [1.165, 1.54) is 19.1 Å². The van der Waals surface area contributed by atoms with Crippen LogP contribution in [0.2, 0.25) is 0 Å². The molecule has 3 aromatic rings. The maximum Gasteiger partial charge on any atom is 0.252 e. The lowest BCUT2D eigenvalue weighted by Crippen LogP contribution is -2.51. The van der Waals surface area contributed by atoms with Crippen LogP contribution in [0.15, 0.2) is 60.0 Å². The number of benzene rings is 1. The van der Waals surface area contributed by atoms with Gasteiger partial charge in [0.2, 0.25) is 11.9 Å². The fourth-order valence-corrected chi connectivity index (χ4v) is 5.05. The molecule has 0 unspecified atom stereocenters. The van der Waals surface area contributed by atoms with Crippen molar-refractivity contribution in [3.8, 4) is 0 Å². The third-order valence-corrected chi connectivity index (χ3v) is 7.36. The van der Waals surface area contributed by atoms with E-state index in [1.54, 1.807) is 26.6 Å². The number of anilines is 3. The molecule has 0 saturated carbocycles. The molecule has 2 N–H and O–H groups in total. The lowest BCUT2D eigenvalue weighted by Gasteiger charge is -2.38. The zero-order valence-electron chi connectivity index (χ0n) is 22.0. The van der Waals surface area contributed by atoms with E-state index in [-0.39, 0.29) is 17.4 Å². The molecule has 0 aliphatic carbocycles.